The molecule has 2 saturated carbocycles. The van der Waals surface area contributed by atoms with E-state index >= 15 is 0 Å². The number of aryl methyl sites for hydroxylation is 1. The molecule has 20 heavy (non-hydrogen) atoms. The average molecular weight is 294 g/mol. The number of carboxylic acid groups (broad SMARTS) is 1. The van der Waals surface area contributed by atoms with E-state index in [9.17, 15) is 9.90 Å². The summed E-state index contributed by atoms with van der Waals surface area (Å²) >= 11 is 1.37. The molecule has 3 rings (SSSR count). The molecule has 0 aromatic carbocycles. The van der Waals surface area contributed by atoms with Gasteiger partial charge in [0.1, 0.15) is 5.75 Å². The van der Waals surface area contributed by atoms with E-state index in [1.165, 1.54) is 37.0 Å². The second-order valence-electron chi connectivity index (χ2n) is 6.21. The fourth-order valence-electron chi connectivity index (χ4n) is 3.83. The molecule has 110 valence electrons. The van der Waals surface area contributed by atoms with Gasteiger partial charge in [0, 0.05) is 4.88 Å². The van der Waals surface area contributed by atoms with Crippen LogP contribution in [0.15, 0.2) is 6.07 Å². The first-order chi connectivity index (χ1) is 9.67. The molecule has 3 atom stereocenters. The molecule has 2 bridgehead atoms. The van der Waals surface area contributed by atoms with Crippen LogP contribution < -0.4 is 4.74 Å². The third-order valence-electron chi connectivity index (χ3n) is 4.78. The van der Waals surface area contributed by atoms with Gasteiger partial charge < -0.3 is 9.84 Å². The summed E-state index contributed by atoms with van der Waals surface area (Å²) in [6.07, 6.45) is 7.34. The molecule has 0 saturated heterocycles. The fraction of sp³-hybridized carbons (Fsp3) is 0.688. The molecule has 0 radical (unpaired) electrons. The maximum atomic E-state index is 11.3. The van der Waals surface area contributed by atoms with Crippen LogP contribution in [0.4, 0.5) is 0 Å². The summed E-state index contributed by atoms with van der Waals surface area (Å²) in [4.78, 5) is 12.8. The normalized spacial score (nSPS) is 27.9. The van der Waals surface area contributed by atoms with Crippen molar-refractivity contribution in [3.63, 3.8) is 0 Å². The zero-order valence-corrected chi connectivity index (χ0v) is 12.7. The molecule has 3 nitrogen and oxygen atoms in total. The van der Waals surface area contributed by atoms with Crippen molar-refractivity contribution in [2.45, 2.75) is 45.4 Å². The second kappa shape index (κ2) is 5.76. The van der Waals surface area contributed by atoms with Crippen molar-refractivity contribution in [3.05, 3.63) is 15.8 Å². The molecule has 1 heterocycles. The van der Waals surface area contributed by atoms with E-state index in [2.05, 4.69) is 6.92 Å². The van der Waals surface area contributed by atoms with Crippen molar-refractivity contribution in [1.29, 1.82) is 0 Å². The summed E-state index contributed by atoms with van der Waals surface area (Å²) in [6.45, 7) is 2.81. The zero-order valence-electron chi connectivity index (χ0n) is 11.9. The first kappa shape index (κ1) is 13.9. The standard InChI is InChI=1S/C16H22O3S/c1-2-3-13-8-14(15(20-13)16(17)18)19-9-12-7-10-4-5-11(12)6-10/h8,10-12H,2-7,9H2,1H3,(H,17,18). The van der Waals surface area contributed by atoms with Crippen molar-refractivity contribution in [2.75, 3.05) is 6.61 Å². The molecule has 0 spiro atoms. The molecule has 4 heteroatoms. The lowest BCUT2D eigenvalue weighted by Gasteiger charge is -2.21. The van der Waals surface area contributed by atoms with Crippen LogP contribution in [0, 0.1) is 17.8 Å². The summed E-state index contributed by atoms with van der Waals surface area (Å²) in [5.74, 6) is 2.10. The van der Waals surface area contributed by atoms with Gasteiger partial charge in [-0.2, -0.15) is 0 Å². The van der Waals surface area contributed by atoms with E-state index in [4.69, 9.17) is 4.74 Å². The molecule has 0 aliphatic heterocycles. The Morgan fingerprint density at radius 2 is 2.30 bits per heavy atom. The Morgan fingerprint density at radius 1 is 1.45 bits per heavy atom. The van der Waals surface area contributed by atoms with Gasteiger partial charge >= 0.3 is 5.97 Å². The minimum atomic E-state index is -0.861. The number of rotatable bonds is 6. The summed E-state index contributed by atoms with van der Waals surface area (Å²) in [7, 11) is 0. The highest BCUT2D eigenvalue weighted by Crippen LogP contribution is 2.48. The van der Waals surface area contributed by atoms with Crippen LogP contribution in [0.1, 0.15) is 53.6 Å². The third-order valence-corrected chi connectivity index (χ3v) is 5.94. The summed E-state index contributed by atoms with van der Waals surface area (Å²) in [6, 6.07) is 1.94. The lowest BCUT2D eigenvalue weighted by molar-refractivity contribution is 0.0696. The maximum absolute atomic E-state index is 11.3. The van der Waals surface area contributed by atoms with Crippen molar-refractivity contribution in [1.82, 2.24) is 0 Å². The van der Waals surface area contributed by atoms with Crippen LogP contribution in [-0.4, -0.2) is 17.7 Å². The zero-order chi connectivity index (χ0) is 14.1. The number of carboxylic acids is 1. The average Bonchev–Trinajstić information content (AvgIpc) is 3.10. The molecule has 2 aliphatic rings. The first-order valence-corrected chi connectivity index (χ1v) is 8.47. The predicted molar refractivity (Wildman–Crippen MR) is 79.7 cm³/mol. The smallest absolute Gasteiger partial charge is 0.349 e. The van der Waals surface area contributed by atoms with Crippen LogP contribution in [0.25, 0.3) is 0 Å². The van der Waals surface area contributed by atoms with Gasteiger partial charge in [-0.15, -0.1) is 11.3 Å². The van der Waals surface area contributed by atoms with Gasteiger partial charge in [0.2, 0.25) is 0 Å². The molecule has 2 aliphatic carbocycles. The highest BCUT2D eigenvalue weighted by atomic mass is 32.1. The minimum Gasteiger partial charge on any atom is -0.491 e. The van der Waals surface area contributed by atoms with Crippen LogP contribution in [0.3, 0.4) is 0 Å². The van der Waals surface area contributed by atoms with Crippen molar-refractivity contribution in [2.24, 2.45) is 17.8 Å². The molecular formula is C16H22O3S. The highest BCUT2D eigenvalue weighted by Gasteiger charge is 2.39. The second-order valence-corrected chi connectivity index (χ2v) is 7.34. The Morgan fingerprint density at radius 3 is 2.90 bits per heavy atom. The molecule has 3 unspecified atom stereocenters. The Bertz CT molecular complexity index is 494. The molecule has 0 amide bonds. The topological polar surface area (TPSA) is 46.5 Å². The van der Waals surface area contributed by atoms with Gasteiger partial charge in [-0.25, -0.2) is 4.79 Å². The Labute approximate surface area is 124 Å². The van der Waals surface area contributed by atoms with E-state index < -0.39 is 5.97 Å². The van der Waals surface area contributed by atoms with Crippen LogP contribution in [0.5, 0.6) is 5.75 Å². The maximum Gasteiger partial charge on any atom is 0.349 e. The lowest BCUT2D eigenvalue weighted by Crippen LogP contribution is -2.18. The van der Waals surface area contributed by atoms with Gasteiger partial charge in [-0.1, -0.05) is 19.8 Å². The highest BCUT2D eigenvalue weighted by molar-refractivity contribution is 7.14. The van der Waals surface area contributed by atoms with E-state index in [-0.39, 0.29) is 0 Å². The van der Waals surface area contributed by atoms with Gasteiger partial charge in [0.25, 0.3) is 0 Å². The SMILES string of the molecule is CCCc1cc(OCC2CC3CCC2C3)c(C(=O)O)s1. The Balaban J connectivity index is 1.65. The van der Waals surface area contributed by atoms with Gasteiger partial charge in [0.05, 0.1) is 6.61 Å². The summed E-state index contributed by atoms with van der Waals surface area (Å²) < 4.78 is 5.89. The number of ether oxygens (including phenoxy) is 1. The van der Waals surface area contributed by atoms with Gasteiger partial charge in [0.15, 0.2) is 4.88 Å². The van der Waals surface area contributed by atoms with E-state index in [1.54, 1.807) is 0 Å². The largest absolute Gasteiger partial charge is 0.491 e. The molecular weight excluding hydrogens is 272 g/mol. The third kappa shape index (κ3) is 2.71. The van der Waals surface area contributed by atoms with E-state index in [1.807, 2.05) is 6.07 Å². The number of hydrogen-bond donors (Lipinski definition) is 1. The Hall–Kier alpha value is -1.03. The molecule has 1 aromatic rings. The molecule has 2 fully saturated rings. The number of hydrogen-bond acceptors (Lipinski definition) is 3. The Kier molecular flexibility index (Phi) is 4.01. The number of thiophene rings is 1. The van der Waals surface area contributed by atoms with Crippen molar-refractivity contribution in [3.8, 4) is 5.75 Å². The molecule has 1 aromatic heterocycles. The monoisotopic (exact) mass is 294 g/mol. The van der Waals surface area contributed by atoms with Crippen LogP contribution >= 0.6 is 11.3 Å². The van der Waals surface area contributed by atoms with Crippen molar-refractivity contribution >= 4 is 17.3 Å². The van der Waals surface area contributed by atoms with E-state index in [0.717, 1.165) is 29.6 Å². The quantitative estimate of drug-likeness (QED) is 0.854. The lowest BCUT2D eigenvalue weighted by atomic mass is 9.89. The predicted octanol–water partition coefficient (Wildman–Crippen LogP) is 4.21. The summed E-state index contributed by atoms with van der Waals surface area (Å²) in [5, 5.41) is 9.27. The van der Waals surface area contributed by atoms with Gasteiger partial charge in [-0.3, -0.25) is 0 Å². The minimum absolute atomic E-state index is 0.372. The fourth-order valence-corrected chi connectivity index (χ4v) is 4.87. The van der Waals surface area contributed by atoms with E-state index in [0.29, 0.717) is 23.2 Å². The first-order valence-electron chi connectivity index (χ1n) is 7.66. The summed E-state index contributed by atoms with van der Waals surface area (Å²) in [5.41, 5.74) is 0. The number of fused-ring (bicyclic) bond motifs is 2. The molecule has 1 N–H and O–H groups in total. The number of carbonyl (C=O) groups is 1. The number of aromatic carboxylic acids is 1. The van der Waals surface area contributed by atoms with Crippen molar-refractivity contribution < 1.29 is 14.6 Å². The van der Waals surface area contributed by atoms with Crippen LogP contribution in [-0.2, 0) is 6.42 Å². The van der Waals surface area contributed by atoms with Gasteiger partial charge in [-0.05, 0) is 49.5 Å². The van der Waals surface area contributed by atoms with Crippen LogP contribution in [0.2, 0.25) is 0 Å².